The van der Waals surface area contributed by atoms with E-state index < -0.39 is 47.8 Å². The molecular formula is C16H19O7. The molecule has 6 atom stereocenters. The molecule has 0 aromatic heterocycles. The highest BCUT2D eigenvalue weighted by molar-refractivity contribution is 5.92. The lowest BCUT2D eigenvalue weighted by Gasteiger charge is -2.60. The van der Waals surface area contributed by atoms with Gasteiger partial charge >= 0.3 is 0 Å². The summed E-state index contributed by atoms with van der Waals surface area (Å²) in [5.41, 5.74) is -1.77. The normalized spacial score (nSPS) is 40.1. The molecule has 1 aliphatic carbocycles. The van der Waals surface area contributed by atoms with Gasteiger partial charge in [0.1, 0.15) is 36.3 Å². The molecule has 2 unspecified atom stereocenters. The lowest BCUT2D eigenvalue weighted by atomic mass is 9.59. The van der Waals surface area contributed by atoms with E-state index in [0.717, 1.165) is 0 Å². The zero-order valence-electron chi connectivity index (χ0n) is 12.5. The van der Waals surface area contributed by atoms with Crippen molar-refractivity contribution in [2.24, 2.45) is 5.92 Å². The molecule has 1 aromatic carbocycles. The number of carbonyl (C=O) groups excluding carboxylic acids is 1. The van der Waals surface area contributed by atoms with Crippen molar-refractivity contribution >= 4 is 5.78 Å². The van der Waals surface area contributed by atoms with Gasteiger partial charge in [-0.05, 0) is 12.1 Å². The summed E-state index contributed by atoms with van der Waals surface area (Å²) in [5.74, 6) is -0.857. The molecule has 1 heterocycles. The van der Waals surface area contributed by atoms with Gasteiger partial charge in [-0.15, -0.1) is 0 Å². The highest BCUT2D eigenvalue weighted by Crippen LogP contribution is 2.49. The number of hydrogen-bond donors (Lipinski definition) is 4. The highest BCUT2D eigenvalue weighted by atomic mass is 16.6. The van der Waals surface area contributed by atoms with Gasteiger partial charge in [0.05, 0.1) is 6.10 Å². The standard InChI is InChI=1S/C16H19O7/c1-8-11(18)15-16(8,21)14(20)12(19)13(23-15)10(17)7-22-9-5-3-2-4-6-9/h2-6,8,11-12,14-15,18-21H,7H2,1H3/t8?,11?,12-,14+,15+,16-/m0/s1. The minimum atomic E-state index is -1.77. The van der Waals surface area contributed by atoms with Crippen molar-refractivity contribution < 1.29 is 34.7 Å². The molecular weight excluding hydrogens is 304 g/mol. The first-order valence-electron chi connectivity index (χ1n) is 7.38. The summed E-state index contributed by atoms with van der Waals surface area (Å²) in [7, 11) is 0. The monoisotopic (exact) mass is 323 g/mol. The number of benzene rings is 1. The van der Waals surface area contributed by atoms with Crippen LogP contribution < -0.4 is 4.74 Å². The number of Topliss-reactive ketones (excluding diaryl/α,β-unsaturated/α-hetero) is 1. The summed E-state index contributed by atoms with van der Waals surface area (Å²) in [4.78, 5) is 12.2. The van der Waals surface area contributed by atoms with E-state index >= 15 is 0 Å². The minimum absolute atomic E-state index is 0.389. The Labute approximate surface area is 133 Å². The van der Waals surface area contributed by atoms with Crippen molar-refractivity contribution in [2.45, 2.75) is 36.9 Å². The molecule has 1 saturated heterocycles. The second-order valence-electron chi connectivity index (χ2n) is 5.98. The number of aliphatic hydroxyl groups excluding tert-OH is 3. The molecule has 0 bridgehead atoms. The number of hydrogen-bond acceptors (Lipinski definition) is 7. The average molecular weight is 323 g/mol. The van der Waals surface area contributed by atoms with E-state index in [1.54, 1.807) is 30.3 Å². The van der Waals surface area contributed by atoms with Crippen molar-refractivity contribution in [1.82, 2.24) is 0 Å². The Bertz CT molecular complexity index is 573. The van der Waals surface area contributed by atoms with Crippen LogP contribution in [-0.4, -0.2) is 62.8 Å². The molecule has 1 radical (unpaired) electrons. The first kappa shape index (κ1) is 16.4. The van der Waals surface area contributed by atoms with Crippen LogP contribution in [0.25, 0.3) is 0 Å². The summed E-state index contributed by atoms with van der Waals surface area (Å²) < 4.78 is 10.6. The highest BCUT2D eigenvalue weighted by Gasteiger charge is 2.69. The number of fused-ring (bicyclic) bond motifs is 1. The van der Waals surface area contributed by atoms with Crippen LogP contribution in [0.2, 0.25) is 0 Å². The van der Waals surface area contributed by atoms with Crippen LogP contribution in [0, 0.1) is 12.0 Å². The maximum Gasteiger partial charge on any atom is 0.208 e. The van der Waals surface area contributed by atoms with Crippen molar-refractivity contribution in [1.29, 1.82) is 0 Å². The van der Waals surface area contributed by atoms with E-state index in [4.69, 9.17) is 9.47 Å². The van der Waals surface area contributed by atoms with Gasteiger partial charge in [-0.2, -0.15) is 0 Å². The van der Waals surface area contributed by atoms with Crippen LogP contribution in [0.15, 0.2) is 30.3 Å². The third kappa shape index (κ3) is 2.45. The Morgan fingerprint density at radius 3 is 2.57 bits per heavy atom. The van der Waals surface area contributed by atoms with Crippen molar-refractivity contribution in [2.75, 3.05) is 6.61 Å². The van der Waals surface area contributed by atoms with E-state index in [2.05, 4.69) is 0 Å². The Kier molecular flexibility index (Phi) is 4.16. The van der Waals surface area contributed by atoms with Gasteiger partial charge in [-0.1, -0.05) is 25.1 Å². The lowest BCUT2D eigenvalue weighted by Crippen LogP contribution is -2.80. The topological polar surface area (TPSA) is 116 Å². The summed E-state index contributed by atoms with van der Waals surface area (Å²) in [6, 6.07) is 8.62. The zero-order chi connectivity index (χ0) is 16.8. The third-order valence-electron chi connectivity index (χ3n) is 4.69. The largest absolute Gasteiger partial charge is 0.486 e. The second-order valence-corrected chi connectivity index (χ2v) is 5.98. The van der Waals surface area contributed by atoms with Crippen molar-refractivity contribution in [3.63, 3.8) is 0 Å². The molecule has 1 saturated carbocycles. The Morgan fingerprint density at radius 2 is 1.91 bits per heavy atom. The van der Waals surface area contributed by atoms with E-state index in [1.807, 2.05) is 0 Å². The second kappa shape index (κ2) is 5.85. The van der Waals surface area contributed by atoms with E-state index in [9.17, 15) is 25.2 Å². The molecule has 2 aliphatic rings. The predicted molar refractivity (Wildman–Crippen MR) is 77.2 cm³/mol. The molecule has 4 N–H and O–H groups in total. The van der Waals surface area contributed by atoms with Gasteiger partial charge < -0.3 is 29.9 Å². The molecule has 7 heteroatoms. The van der Waals surface area contributed by atoms with Crippen LogP contribution in [0.3, 0.4) is 0 Å². The number of rotatable bonds is 4. The molecule has 3 rings (SSSR count). The summed E-state index contributed by atoms with van der Waals surface area (Å²) in [5, 5.41) is 40.4. The van der Waals surface area contributed by atoms with Gasteiger partial charge in [0, 0.05) is 5.92 Å². The fraction of sp³-hybridized carbons (Fsp3) is 0.500. The van der Waals surface area contributed by atoms with Crippen LogP contribution in [0.5, 0.6) is 5.75 Å². The fourth-order valence-corrected chi connectivity index (χ4v) is 3.12. The molecule has 1 aromatic rings. The predicted octanol–water partition coefficient (Wildman–Crippen LogP) is -0.971. The molecule has 0 amide bonds. The summed E-state index contributed by atoms with van der Waals surface area (Å²) in [6.07, 6.45) is -5.87. The number of para-hydroxylation sites is 1. The molecule has 2 fully saturated rings. The molecule has 1 aliphatic heterocycles. The first-order valence-corrected chi connectivity index (χ1v) is 7.38. The van der Waals surface area contributed by atoms with E-state index in [0.29, 0.717) is 5.75 Å². The summed E-state index contributed by atoms with van der Waals surface area (Å²) >= 11 is 0. The summed E-state index contributed by atoms with van der Waals surface area (Å²) in [6.45, 7) is 1.14. The quantitative estimate of drug-likeness (QED) is 0.563. The first-order chi connectivity index (χ1) is 10.9. The third-order valence-corrected chi connectivity index (χ3v) is 4.69. The van der Waals surface area contributed by atoms with Crippen molar-refractivity contribution in [3.05, 3.63) is 36.4 Å². The van der Waals surface area contributed by atoms with Crippen LogP contribution in [0.4, 0.5) is 0 Å². The van der Waals surface area contributed by atoms with Gasteiger partial charge in [-0.3, -0.25) is 4.79 Å². The number of ketones is 1. The Morgan fingerprint density at radius 1 is 1.26 bits per heavy atom. The molecule has 125 valence electrons. The van der Waals surface area contributed by atoms with Crippen LogP contribution >= 0.6 is 0 Å². The number of ether oxygens (including phenoxy) is 2. The number of carbonyl (C=O) groups is 1. The van der Waals surface area contributed by atoms with Gasteiger partial charge in [0.15, 0.2) is 6.10 Å². The maximum absolute atomic E-state index is 12.2. The number of aliphatic hydroxyl groups is 4. The van der Waals surface area contributed by atoms with E-state index in [-0.39, 0.29) is 6.61 Å². The SMILES string of the molecule is CC1C(O)[C@H]2O[C](C(=O)COc3ccccc3)[C@H](O)[C@@H](O)[C@@]12O. The van der Waals surface area contributed by atoms with Gasteiger partial charge in [-0.25, -0.2) is 0 Å². The Balaban J connectivity index is 1.67. The molecule has 7 nitrogen and oxygen atoms in total. The minimum Gasteiger partial charge on any atom is -0.486 e. The van der Waals surface area contributed by atoms with Crippen molar-refractivity contribution in [3.8, 4) is 5.75 Å². The van der Waals surface area contributed by atoms with Crippen LogP contribution in [-0.2, 0) is 9.53 Å². The van der Waals surface area contributed by atoms with Gasteiger partial charge in [0.2, 0.25) is 5.78 Å². The van der Waals surface area contributed by atoms with Crippen LogP contribution in [0.1, 0.15) is 6.92 Å². The smallest absolute Gasteiger partial charge is 0.208 e. The Hall–Kier alpha value is -1.51. The zero-order valence-corrected chi connectivity index (χ0v) is 12.5. The van der Waals surface area contributed by atoms with E-state index in [1.165, 1.54) is 6.92 Å². The molecule has 23 heavy (non-hydrogen) atoms. The maximum atomic E-state index is 12.2. The lowest BCUT2D eigenvalue weighted by molar-refractivity contribution is -0.339. The van der Waals surface area contributed by atoms with Gasteiger partial charge in [0.25, 0.3) is 0 Å². The molecule has 0 spiro atoms. The average Bonchev–Trinajstić information content (AvgIpc) is 2.58. The fourth-order valence-electron chi connectivity index (χ4n) is 3.12.